The van der Waals surface area contributed by atoms with E-state index in [4.69, 9.17) is 0 Å². The molecule has 5 rings (SSSR count). The molecule has 3 fully saturated rings. The van der Waals surface area contributed by atoms with Gasteiger partial charge in [0.2, 0.25) is 5.91 Å². The first kappa shape index (κ1) is 17.2. The van der Waals surface area contributed by atoms with Gasteiger partial charge in [-0.2, -0.15) is 5.10 Å². The molecule has 146 valence electrons. The lowest BCUT2D eigenvalue weighted by Gasteiger charge is -2.26. The average Bonchev–Trinajstić information content (AvgIpc) is 3.08. The first-order valence-electron chi connectivity index (χ1n) is 9.59. The Hall–Kier alpha value is -2.97. The summed E-state index contributed by atoms with van der Waals surface area (Å²) in [4.78, 5) is 37.8. The van der Waals surface area contributed by atoms with E-state index in [9.17, 15) is 14.7 Å². The summed E-state index contributed by atoms with van der Waals surface area (Å²) in [6, 6.07) is 3.60. The van der Waals surface area contributed by atoms with Crippen molar-refractivity contribution >= 4 is 17.7 Å². The highest BCUT2D eigenvalue weighted by Gasteiger charge is 2.62. The molecule has 0 bridgehead atoms. The zero-order valence-corrected chi connectivity index (χ0v) is 15.7. The van der Waals surface area contributed by atoms with Crippen LogP contribution in [0.25, 0.3) is 5.82 Å². The smallest absolute Gasteiger partial charge is 0.314 e. The molecule has 4 heterocycles. The lowest BCUT2D eigenvalue weighted by molar-refractivity contribution is -0.149. The van der Waals surface area contributed by atoms with Gasteiger partial charge in [0.1, 0.15) is 17.1 Å². The van der Waals surface area contributed by atoms with Crippen LogP contribution in [0.15, 0.2) is 24.5 Å². The Morgan fingerprint density at radius 2 is 2.07 bits per heavy atom. The predicted molar refractivity (Wildman–Crippen MR) is 99.0 cm³/mol. The lowest BCUT2D eigenvalue weighted by atomic mass is 9.81. The Morgan fingerprint density at radius 3 is 2.71 bits per heavy atom. The number of carbonyl (C=O) groups is 2. The normalized spacial score (nSPS) is 26.8. The van der Waals surface area contributed by atoms with E-state index in [1.807, 2.05) is 11.0 Å². The molecule has 9 heteroatoms. The minimum Gasteiger partial charge on any atom is -0.481 e. The molecule has 1 amide bonds. The summed E-state index contributed by atoms with van der Waals surface area (Å²) in [6.07, 6.45) is 5.74. The molecular formula is C19H22N6O3. The number of hydrogen-bond acceptors (Lipinski definition) is 6. The topological polar surface area (TPSA) is 104 Å². The number of likely N-dealkylation sites (tertiary alicyclic amines) is 1. The van der Waals surface area contributed by atoms with E-state index >= 15 is 0 Å². The minimum absolute atomic E-state index is 0.0325. The van der Waals surface area contributed by atoms with Gasteiger partial charge in [0.15, 0.2) is 5.82 Å². The van der Waals surface area contributed by atoms with Crippen molar-refractivity contribution < 1.29 is 14.7 Å². The summed E-state index contributed by atoms with van der Waals surface area (Å²) < 4.78 is 1.64. The zero-order chi connectivity index (χ0) is 19.5. The number of carboxylic acid groups (broad SMARTS) is 1. The third-order valence-corrected chi connectivity index (χ3v) is 6.10. The zero-order valence-electron chi connectivity index (χ0n) is 15.7. The van der Waals surface area contributed by atoms with Crippen molar-refractivity contribution in [1.82, 2.24) is 24.6 Å². The average molecular weight is 382 g/mol. The van der Waals surface area contributed by atoms with E-state index in [0.717, 1.165) is 12.8 Å². The second kappa shape index (κ2) is 6.02. The Kier molecular flexibility index (Phi) is 3.68. The molecule has 2 aromatic heterocycles. The third kappa shape index (κ3) is 2.64. The monoisotopic (exact) mass is 382 g/mol. The Labute approximate surface area is 162 Å². The van der Waals surface area contributed by atoms with Gasteiger partial charge >= 0.3 is 5.97 Å². The number of carboxylic acids is 1. The van der Waals surface area contributed by atoms with Gasteiger partial charge in [-0.25, -0.2) is 14.6 Å². The molecule has 2 aliphatic heterocycles. The number of anilines is 1. The van der Waals surface area contributed by atoms with Gasteiger partial charge in [-0.05, 0) is 31.7 Å². The first-order valence-corrected chi connectivity index (χ1v) is 9.59. The van der Waals surface area contributed by atoms with Gasteiger partial charge in [0.25, 0.3) is 0 Å². The Bertz CT molecular complexity index is 941. The van der Waals surface area contributed by atoms with Gasteiger partial charge < -0.3 is 14.9 Å². The van der Waals surface area contributed by atoms with Crippen LogP contribution in [0, 0.1) is 24.2 Å². The van der Waals surface area contributed by atoms with Crippen molar-refractivity contribution in [2.24, 2.45) is 17.3 Å². The molecule has 28 heavy (non-hydrogen) atoms. The van der Waals surface area contributed by atoms with E-state index < -0.39 is 17.3 Å². The fraction of sp³-hybridized carbons (Fsp3) is 0.526. The summed E-state index contributed by atoms with van der Waals surface area (Å²) in [5.74, 6) is 0.911. The molecule has 2 atom stereocenters. The second-order valence-electron chi connectivity index (χ2n) is 8.14. The number of aromatic nitrogens is 4. The van der Waals surface area contributed by atoms with Crippen molar-refractivity contribution in [3.05, 3.63) is 30.4 Å². The molecule has 3 aliphatic rings. The van der Waals surface area contributed by atoms with Crippen molar-refractivity contribution in [1.29, 1.82) is 0 Å². The summed E-state index contributed by atoms with van der Waals surface area (Å²) >= 11 is 0. The number of aryl methyl sites for hydroxylation is 1. The minimum atomic E-state index is -1.07. The van der Waals surface area contributed by atoms with Gasteiger partial charge in [-0.3, -0.25) is 9.59 Å². The quantitative estimate of drug-likeness (QED) is 0.813. The fourth-order valence-corrected chi connectivity index (χ4v) is 4.47. The highest BCUT2D eigenvalue weighted by molar-refractivity contribution is 5.93. The molecule has 9 nitrogen and oxygen atoms in total. The van der Waals surface area contributed by atoms with Crippen LogP contribution in [-0.2, 0) is 9.59 Å². The molecule has 0 radical (unpaired) electrons. The summed E-state index contributed by atoms with van der Waals surface area (Å²) in [5.41, 5.74) is -1.07. The van der Waals surface area contributed by atoms with Crippen LogP contribution in [0.3, 0.4) is 0 Å². The molecule has 0 unspecified atom stereocenters. The highest BCUT2D eigenvalue weighted by Crippen LogP contribution is 2.46. The van der Waals surface area contributed by atoms with Crippen molar-refractivity contribution in [3.63, 3.8) is 0 Å². The van der Waals surface area contributed by atoms with Crippen LogP contribution in [0.5, 0.6) is 0 Å². The molecule has 1 saturated carbocycles. The van der Waals surface area contributed by atoms with Crippen molar-refractivity contribution in [3.8, 4) is 5.82 Å². The number of rotatable bonds is 5. The van der Waals surface area contributed by atoms with E-state index in [1.54, 1.807) is 35.0 Å². The molecule has 1 aliphatic carbocycles. The number of aliphatic carboxylic acids is 1. The molecule has 1 N–H and O–H groups in total. The SMILES string of the molecule is Cc1nc(N2C[C@@H]3C(=O)N(CC4CC4)C[C@]3(C(=O)O)C2)cc(-n2cccn2)n1. The van der Waals surface area contributed by atoms with Crippen molar-refractivity contribution in [2.45, 2.75) is 19.8 Å². The Morgan fingerprint density at radius 1 is 1.29 bits per heavy atom. The predicted octanol–water partition coefficient (Wildman–Crippen LogP) is 0.730. The number of nitrogens with zero attached hydrogens (tertiary/aromatic N) is 6. The maximum Gasteiger partial charge on any atom is 0.314 e. The molecule has 0 spiro atoms. The number of amides is 1. The summed E-state index contributed by atoms with van der Waals surface area (Å²) in [6.45, 7) is 3.41. The van der Waals surface area contributed by atoms with E-state index in [2.05, 4.69) is 15.1 Å². The van der Waals surface area contributed by atoms with Gasteiger partial charge in [0, 0.05) is 44.6 Å². The number of fused-ring (bicyclic) bond motifs is 1. The van der Waals surface area contributed by atoms with Crippen LogP contribution < -0.4 is 4.90 Å². The van der Waals surface area contributed by atoms with Gasteiger partial charge in [0.05, 0.1) is 5.92 Å². The summed E-state index contributed by atoms with van der Waals surface area (Å²) in [7, 11) is 0. The van der Waals surface area contributed by atoms with Crippen molar-refractivity contribution in [2.75, 3.05) is 31.1 Å². The first-order chi connectivity index (χ1) is 13.5. The van der Waals surface area contributed by atoms with E-state index in [0.29, 0.717) is 36.5 Å². The van der Waals surface area contributed by atoms with Crippen LogP contribution in [-0.4, -0.2) is 67.8 Å². The standard InChI is InChI=1S/C19H22N6O3/c1-12-21-15(7-16(22-12)25-6-2-5-20-25)23-9-14-17(26)24(8-13-3-4-13)11-19(14,10-23)18(27)28/h2,5-7,13-14H,3-4,8-11H2,1H3,(H,27,28)/t14-,19-/m1/s1. The molecule has 0 aromatic carbocycles. The second-order valence-corrected chi connectivity index (χ2v) is 8.14. The summed E-state index contributed by atoms with van der Waals surface area (Å²) in [5, 5.41) is 14.2. The Balaban J connectivity index is 1.45. The molecule has 2 saturated heterocycles. The van der Waals surface area contributed by atoms with Crippen LogP contribution in [0.1, 0.15) is 18.7 Å². The largest absolute Gasteiger partial charge is 0.481 e. The van der Waals surface area contributed by atoms with E-state index in [-0.39, 0.29) is 19.0 Å². The number of hydrogen-bond donors (Lipinski definition) is 1. The number of carbonyl (C=O) groups excluding carboxylic acids is 1. The maximum absolute atomic E-state index is 12.9. The van der Waals surface area contributed by atoms with Gasteiger partial charge in [-0.1, -0.05) is 0 Å². The fourth-order valence-electron chi connectivity index (χ4n) is 4.47. The van der Waals surface area contributed by atoms with Gasteiger partial charge in [-0.15, -0.1) is 0 Å². The highest BCUT2D eigenvalue weighted by atomic mass is 16.4. The molecular weight excluding hydrogens is 360 g/mol. The van der Waals surface area contributed by atoms with Crippen LogP contribution in [0.4, 0.5) is 5.82 Å². The van der Waals surface area contributed by atoms with Crippen LogP contribution in [0.2, 0.25) is 0 Å². The van der Waals surface area contributed by atoms with E-state index in [1.165, 1.54) is 0 Å². The molecule has 2 aromatic rings. The third-order valence-electron chi connectivity index (χ3n) is 6.10. The lowest BCUT2D eigenvalue weighted by Crippen LogP contribution is -2.41. The van der Waals surface area contributed by atoms with Crippen LogP contribution >= 0.6 is 0 Å². The maximum atomic E-state index is 12.9.